The van der Waals surface area contributed by atoms with Crippen LogP contribution >= 0.6 is 0 Å². The quantitative estimate of drug-likeness (QED) is 0.814. The number of fused-ring (bicyclic) bond motifs is 1. The van der Waals surface area contributed by atoms with Gasteiger partial charge in [-0.2, -0.15) is 0 Å². The van der Waals surface area contributed by atoms with Crippen LogP contribution in [0.3, 0.4) is 0 Å². The molecule has 0 radical (unpaired) electrons. The van der Waals surface area contributed by atoms with Crippen LogP contribution in [0.4, 0.5) is 0 Å². The molecule has 1 saturated heterocycles. The van der Waals surface area contributed by atoms with Crippen LogP contribution in [0.1, 0.15) is 24.4 Å². The first-order chi connectivity index (χ1) is 13.1. The number of benzene rings is 1. The highest BCUT2D eigenvalue weighted by atomic mass is 32.2. The van der Waals surface area contributed by atoms with Gasteiger partial charge in [-0.3, -0.25) is 9.88 Å². The molecule has 1 unspecified atom stereocenters. The molecule has 27 heavy (non-hydrogen) atoms. The molecule has 3 heterocycles. The van der Waals surface area contributed by atoms with E-state index >= 15 is 0 Å². The third kappa shape index (κ3) is 4.07. The first-order valence-corrected chi connectivity index (χ1v) is 10.6. The lowest BCUT2D eigenvalue weighted by molar-refractivity contribution is 0.170. The zero-order valence-corrected chi connectivity index (χ0v) is 15.8. The van der Waals surface area contributed by atoms with E-state index in [1.165, 1.54) is 11.8 Å². The summed E-state index contributed by atoms with van der Waals surface area (Å²) in [6.07, 6.45) is 5.06. The molecule has 1 N–H and O–H groups in total. The minimum atomic E-state index is -3.52. The molecule has 144 valence electrons. The number of nitrogens with one attached hydrogen (secondary N) is 1. The summed E-state index contributed by atoms with van der Waals surface area (Å²) in [5.74, 6) is 1.58. The second-order valence-electron chi connectivity index (χ2n) is 6.68. The largest absolute Gasteiger partial charge is 0.486 e. The second kappa shape index (κ2) is 7.84. The van der Waals surface area contributed by atoms with Gasteiger partial charge in [-0.1, -0.05) is 6.07 Å². The fraction of sp³-hybridized carbons (Fsp3) is 0.421. The minimum Gasteiger partial charge on any atom is -0.486 e. The van der Waals surface area contributed by atoms with E-state index in [-0.39, 0.29) is 10.9 Å². The van der Waals surface area contributed by atoms with Crippen molar-refractivity contribution in [2.24, 2.45) is 0 Å². The van der Waals surface area contributed by atoms with Crippen molar-refractivity contribution in [1.82, 2.24) is 14.6 Å². The van der Waals surface area contributed by atoms with Crippen molar-refractivity contribution in [1.29, 1.82) is 0 Å². The summed E-state index contributed by atoms with van der Waals surface area (Å²) < 4.78 is 38.6. The van der Waals surface area contributed by atoms with E-state index in [0.717, 1.165) is 30.9 Å². The molecule has 2 aromatic rings. The van der Waals surface area contributed by atoms with Crippen molar-refractivity contribution in [3.05, 3.63) is 48.3 Å². The van der Waals surface area contributed by atoms with Gasteiger partial charge < -0.3 is 9.47 Å². The van der Waals surface area contributed by atoms with Crippen molar-refractivity contribution in [3.8, 4) is 11.5 Å². The molecular weight excluding hydrogens is 366 g/mol. The molecule has 0 spiro atoms. The number of sulfonamides is 1. The highest BCUT2D eigenvalue weighted by Gasteiger charge is 2.27. The van der Waals surface area contributed by atoms with Crippen LogP contribution in [0.2, 0.25) is 0 Å². The number of nitrogens with zero attached hydrogens (tertiary/aromatic N) is 2. The lowest BCUT2D eigenvalue weighted by Gasteiger charge is -2.26. The molecule has 1 atom stereocenters. The molecule has 7 nitrogen and oxygen atoms in total. The molecule has 0 bridgehead atoms. The molecule has 4 rings (SSSR count). The third-order valence-corrected chi connectivity index (χ3v) is 6.40. The summed E-state index contributed by atoms with van der Waals surface area (Å²) in [5.41, 5.74) is 1.19. The Hall–Kier alpha value is -2.16. The predicted molar refractivity (Wildman–Crippen MR) is 100 cm³/mol. The lowest BCUT2D eigenvalue weighted by atomic mass is 10.0. The standard InChI is InChI=1S/C19H23N3O4S/c23-27(24,16-3-1-7-20-14-16)21-8-10-22-9-2-4-17(22)15-5-6-18-19(13-15)26-12-11-25-18/h1,3,5-7,13-14,17,21H,2,4,8-12H2. The first kappa shape index (κ1) is 18.2. The van der Waals surface area contributed by atoms with E-state index in [1.807, 2.05) is 6.07 Å². The summed E-state index contributed by atoms with van der Waals surface area (Å²) in [6.45, 7) is 3.12. The van der Waals surface area contributed by atoms with Crippen molar-refractivity contribution < 1.29 is 17.9 Å². The normalized spacial score (nSPS) is 19.9. The number of hydrogen-bond donors (Lipinski definition) is 1. The molecule has 1 aromatic carbocycles. The van der Waals surface area contributed by atoms with Crippen LogP contribution in [0.25, 0.3) is 0 Å². The Bertz CT molecular complexity index is 889. The summed E-state index contributed by atoms with van der Waals surface area (Å²) >= 11 is 0. The third-order valence-electron chi connectivity index (χ3n) is 4.95. The molecule has 2 aliphatic heterocycles. The zero-order chi connectivity index (χ0) is 18.7. The summed E-state index contributed by atoms with van der Waals surface area (Å²) in [5, 5.41) is 0. The van der Waals surface area contributed by atoms with Crippen molar-refractivity contribution in [2.45, 2.75) is 23.8 Å². The molecule has 1 fully saturated rings. The number of pyridine rings is 1. The summed E-state index contributed by atoms with van der Waals surface area (Å²) in [4.78, 5) is 6.38. The summed E-state index contributed by atoms with van der Waals surface area (Å²) in [7, 11) is -3.52. The molecule has 2 aliphatic rings. The van der Waals surface area contributed by atoms with Crippen LogP contribution in [-0.4, -0.2) is 51.1 Å². The van der Waals surface area contributed by atoms with Gasteiger partial charge >= 0.3 is 0 Å². The fourth-order valence-corrected chi connectivity index (χ4v) is 4.64. The van der Waals surface area contributed by atoms with Crippen molar-refractivity contribution >= 4 is 10.0 Å². The SMILES string of the molecule is O=S(=O)(NCCN1CCCC1c1ccc2c(c1)OCCO2)c1cccnc1. The maximum atomic E-state index is 12.3. The van der Waals surface area contributed by atoms with Crippen molar-refractivity contribution in [2.75, 3.05) is 32.8 Å². The van der Waals surface area contributed by atoms with Gasteiger partial charge in [0.1, 0.15) is 18.1 Å². The number of likely N-dealkylation sites (tertiary alicyclic amines) is 1. The number of ether oxygens (including phenoxy) is 2. The first-order valence-electron chi connectivity index (χ1n) is 9.17. The Morgan fingerprint density at radius 3 is 2.85 bits per heavy atom. The molecule has 8 heteroatoms. The van der Waals surface area contributed by atoms with E-state index in [4.69, 9.17) is 9.47 Å². The Labute approximate surface area is 159 Å². The fourth-order valence-electron chi connectivity index (χ4n) is 3.65. The zero-order valence-electron chi connectivity index (χ0n) is 15.0. The van der Waals surface area contributed by atoms with E-state index in [1.54, 1.807) is 18.3 Å². The Balaban J connectivity index is 1.39. The smallest absolute Gasteiger partial charge is 0.242 e. The Morgan fingerprint density at radius 2 is 2.04 bits per heavy atom. The van der Waals surface area contributed by atoms with Gasteiger partial charge in [0.15, 0.2) is 11.5 Å². The molecule has 1 aromatic heterocycles. The molecule has 0 amide bonds. The monoisotopic (exact) mass is 389 g/mol. The van der Waals surface area contributed by atoms with Gasteiger partial charge in [0.25, 0.3) is 0 Å². The van der Waals surface area contributed by atoms with Gasteiger partial charge in [0.2, 0.25) is 10.0 Å². The van der Waals surface area contributed by atoms with E-state index in [0.29, 0.717) is 26.3 Å². The van der Waals surface area contributed by atoms with Gasteiger partial charge in [-0.25, -0.2) is 13.1 Å². The predicted octanol–water partition coefficient (Wildman–Crippen LogP) is 1.97. The van der Waals surface area contributed by atoms with Crippen LogP contribution in [0.15, 0.2) is 47.6 Å². The average molecular weight is 389 g/mol. The van der Waals surface area contributed by atoms with Gasteiger partial charge in [0, 0.05) is 31.5 Å². The number of rotatable bonds is 6. The van der Waals surface area contributed by atoms with E-state index in [9.17, 15) is 8.42 Å². The van der Waals surface area contributed by atoms with Gasteiger partial charge in [-0.15, -0.1) is 0 Å². The highest BCUT2D eigenvalue weighted by Crippen LogP contribution is 2.37. The molecule has 0 aliphatic carbocycles. The molecule has 0 saturated carbocycles. The molecular formula is C19H23N3O4S. The maximum absolute atomic E-state index is 12.3. The van der Waals surface area contributed by atoms with Crippen LogP contribution < -0.4 is 14.2 Å². The lowest BCUT2D eigenvalue weighted by Crippen LogP contribution is -2.34. The van der Waals surface area contributed by atoms with Crippen LogP contribution in [0, 0.1) is 0 Å². The second-order valence-corrected chi connectivity index (χ2v) is 8.45. The Morgan fingerprint density at radius 1 is 1.19 bits per heavy atom. The number of hydrogen-bond acceptors (Lipinski definition) is 6. The van der Waals surface area contributed by atoms with Gasteiger partial charge in [-0.05, 0) is 49.2 Å². The average Bonchev–Trinajstić information content (AvgIpc) is 3.17. The topological polar surface area (TPSA) is 80.8 Å². The van der Waals surface area contributed by atoms with Crippen molar-refractivity contribution in [3.63, 3.8) is 0 Å². The van der Waals surface area contributed by atoms with Crippen LogP contribution in [-0.2, 0) is 10.0 Å². The van der Waals surface area contributed by atoms with Gasteiger partial charge in [0.05, 0.1) is 0 Å². The number of aromatic nitrogens is 1. The minimum absolute atomic E-state index is 0.190. The summed E-state index contributed by atoms with van der Waals surface area (Å²) in [6, 6.07) is 9.53. The maximum Gasteiger partial charge on any atom is 0.242 e. The van der Waals surface area contributed by atoms with Crippen LogP contribution in [0.5, 0.6) is 11.5 Å². The Kier molecular flexibility index (Phi) is 5.29. The van der Waals surface area contributed by atoms with E-state index in [2.05, 4.69) is 26.7 Å². The highest BCUT2D eigenvalue weighted by molar-refractivity contribution is 7.89. The van der Waals surface area contributed by atoms with E-state index < -0.39 is 10.0 Å².